The molecule has 1 atom stereocenters. The average molecular weight is 373 g/mol. The van der Waals surface area contributed by atoms with Gasteiger partial charge in [-0.25, -0.2) is 13.4 Å². The molecule has 136 valence electrons. The van der Waals surface area contributed by atoms with Gasteiger partial charge in [0.1, 0.15) is 17.7 Å². The van der Waals surface area contributed by atoms with E-state index in [0.717, 1.165) is 36.3 Å². The van der Waals surface area contributed by atoms with Gasteiger partial charge in [0, 0.05) is 6.61 Å². The number of benzene rings is 2. The molecule has 1 aliphatic heterocycles. The van der Waals surface area contributed by atoms with Crippen molar-refractivity contribution in [2.75, 3.05) is 18.4 Å². The molecule has 4 rings (SSSR count). The van der Waals surface area contributed by atoms with E-state index in [0.29, 0.717) is 11.4 Å². The molecule has 0 saturated carbocycles. The Bertz CT molecular complexity index is 1020. The summed E-state index contributed by atoms with van der Waals surface area (Å²) in [6.45, 7) is 0.745. The molecule has 1 aromatic heterocycles. The molecule has 1 saturated heterocycles. The first-order chi connectivity index (χ1) is 12.5. The molecule has 7 nitrogen and oxygen atoms in total. The summed E-state index contributed by atoms with van der Waals surface area (Å²) in [5.41, 5.74) is 2.02. The molecule has 0 aliphatic carbocycles. The summed E-state index contributed by atoms with van der Waals surface area (Å²) in [5, 5.41) is 0. The van der Waals surface area contributed by atoms with E-state index in [2.05, 4.69) is 14.7 Å². The molecule has 0 bridgehead atoms. The first kappa shape index (κ1) is 16.9. The van der Waals surface area contributed by atoms with E-state index in [9.17, 15) is 8.42 Å². The Balaban J connectivity index is 1.59. The lowest BCUT2D eigenvalue weighted by molar-refractivity contribution is 0.106. The highest BCUT2D eigenvalue weighted by Gasteiger charge is 2.21. The first-order valence-corrected chi connectivity index (χ1v) is 9.82. The Hall–Kier alpha value is -2.58. The highest BCUT2D eigenvalue weighted by atomic mass is 32.2. The van der Waals surface area contributed by atoms with E-state index in [1.807, 2.05) is 0 Å². The summed E-state index contributed by atoms with van der Waals surface area (Å²) in [6.07, 6.45) is 1.95. The molecular formula is C18H19N3O4S. The number of anilines is 1. The minimum atomic E-state index is -3.68. The van der Waals surface area contributed by atoms with E-state index in [1.165, 1.54) is 19.2 Å². The maximum atomic E-state index is 12.6. The number of rotatable bonds is 5. The fourth-order valence-corrected chi connectivity index (χ4v) is 4.06. The van der Waals surface area contributed by atoms with E-state index >= 15 is 0 Å². The minimum absolute atomic E-state index is 0.0122. The summed E-state index contributed by atoms with van der Waals surface area (Å²) < 4.78 is 38.4. The predicted molar refractivity (Wildman–Crippen MR) is 97.8 cm³/mol. The number of ether oxygens (including phenoxy) is 2. The van der Waals surface area contributed by atoms with Gasteiger partial charge < -0.3 is 14.5 Å². The summed E-state index contributed by atoms with van der Waals surface area (Å²) in [5.74, 6) is 1.39. The lowest BCUT2D eigenvalue weighted by Gasteiger charge is -2.08. The van der Waals surface area contributed by atoms with Crippen molar-refractivity contribution in [3.63, 3.8) is 0 Å². The van der Waals surface area contributed by atoms with Crippen LogP contribution < -0.4 is 9.46 Å². The highest BCUT2D eigenvalue weighted by Crippen LogP contribution is 2.29. The number of hydrogen-bond acceptors (Lipinski definition) is 5. The Morgan fingerprint density at radius 3 is 2.73 bits per heavy atom. The van der Waals surface area contributed by atoms with Crippen LogP contribution in [0, 0.1) is 0 Å². The second kappa shape index (κ2) is 6.62. The third-order valence-corrected chi connectivity index (χ3v) is 5.75. The van der Waals surface area contributed by atoms with Gasteiger partial charge in [-0.1, -0.05) is 0 Å². The van der Waals surface area contributed by atoms with Gasteiger partial charge in [-0.15, -0.1) is 0 Å². The lowest BCUT2D eigenvalue weighted by Crippen LogP contribution is -2.12. The van der Waals surface area contributed by atoms with Gasteiger partial charge in [0.15, 0.2) is 0 Å². The average Bonchev–Trinajstić information content (AvgIpc) is 3.30. The van der Waals surface area contributed by atoms with Crippen LogP contribution in [0.2, 0.25) is 0 Å². The molecule has 1 aliphatic rings. The molecule has 26 heavy (non-hydrogen) atoms. The van der Waals surface area contributed by atoms with Crippen molar-refractivity contribution >= 4 is 26.7 Å². The predicted octanol–water partition coefficient (Wildman–Crippen LogP) is 3.22. The number of sulfonamides is 1. The molecule has 0 radical (unpaired) electrons. The number of imidazole rings is 1. The zero-order valence-corrected chi connectivity index (χ0v) is 15.0. The van der Waals surface area contributed by atoms with Crippen LogP contribution in [0.4, 0.5) is 5.69 Å². The van der Waals surface area contributed by atoms with Gasteiger partial charge in [0.25, 0.3) is 10.0 Å². The van der Waals surface area contributed by atoms with Gasteiger partial charge in [-0.05, 0) is 55.3 Å². The van der Waals surface area contributed by atoms with E-state index in [1.54, 1.807) is 30.3 Å². The second-order valence-electron chi connectivity index (χ2n) is 6.14. The van der Waals surface area contributed by atoms with Crippen LogP contribution in [-0.2, 0) is 14.8 Å². The van der Waals surface area contributed by atoms with Gasteiger partial charge in [-0.3, -0.25) is 4.72 Å². The van der Waals surface area contributed by atoms with Crippen LogP contribution in [0.5, 0.6) is 5.75 Å². The Morgan fingerprint density at radius 2 is 2.04 bits per heavy atom. The number of aromatic nitrogens is 2. The molecule has 2 heterocycles. The molecule has 0 spiro atoms. The number of H-pyrrole nitrogens is 1. The summed E-state index contributed by atoms with van der Waals surface area (Å²) in [4.78, 5) is 7.94. The van der Waals surface area contributed by atoms with Crippen LogP contribution in [0.15, 0.2) is 47.4 Å². The van der Waals surface area contributed by atoms with Crippen LogP contribution in [0.25, 0.3) is 11.0 Å². The minimum Gasteiger partial charge on any atom is -0.497 e. The fraction of sp³-hybridized carbons (Fsp3) is 0.278. The van der Waals surface area contributed by atoms with Gasteiger partial charge in [-0.2, -0.15) is 0 Å². The Morgan fingerprint density at radius 1 is 1.23 bits per heavy atom. The third-order valence-electron chi connectivity index (χ3n) is 4.36. The number of aromatic amines is 1. The topological polar surface area (TPSA) is 93.3 Å². The Kier molecular flexibility index (Phi) is 4.29. The van der Waals surface area contributed by atoms with Crippen molar-refractivity contribution in [1.29, 1.82) is 0 Å². The number of nitrogens with one attached hydrogen (secondary N) is 2. The third kappa shape index (κ3) is 3.25. The van der Waals surface area contributed by atoms with Crippen molar-refractivity contribution in [3.05, 3.63) is 48.3 Å². The number of methoxy groups -OCH3 is 1. The number of fused-ring (bicyclic) bond motifs is 1. The second-order valence-corrected chi connectivity index (χ2v) is 7.82. The molecule has 8 heteroatoms. The van der Waals surface area contributed by atoms with Crippen molar-refractivity contribution in [3.8, 4) is 5.75 Å². The Labute approximate surface area is 151 Å². The zero-order valence-electron chi connectivity index (χ0n) is 14.2. The van der Waals surface area contributed by atoms with Crippen LogP contribution in [-0.4, -0.2) is 32.1 Å². The van der Waals surface area contributed by atoms with Gasteiger partial charge >= 0.3 is 0 Å². The maximum absolute atomic E-state index is 12.6. The van der Waals surface area contributed by atoms with E-state index < -0.39 is 10.0 Å². The molecule has 2 aromatic carbocycles. The number of hydrogen-bond donors (Lipinski definition) is 2. The summed E-state index contributed by atoms with van der Waals surface area (Å²) in [6, 6.07) is 11.5. The van der Waals surface area contributed by atoms with Crippen molar-refractivity contribution in [2.24, 2.45) is 0 Å². The summed E-state index contributed by atoms with van der Waals surface area (Å²) in [7, 11) is -2.15. The number of nitrogens with zero attached hydrogens (tertiary/aromatic N) is 1. The van der Waals surface area contributed by atoms with Crippen LogP contribution in [0.1, 0.15) is 24.8 Å². The zero-order chi connectivity index (χ0) is 18.1. The largest absolute Gasteiger partial charge is 0.497 e. The molecule has 2 N–H and O–H groups in total. The smallest absolute Gasteiger partial charge is 0.261 e. The molecule has 3 aromatic rings. The van der Waals surface area contributed by atoms with Crippen molar-refractivity contribution < 1.29 is 17.9 Å². The standard InChI is InChI=1S/C18H19N3O4S/c1-24-13-5-7-14(8-6-13)26(22,23)21-12-4-9-15-16(11-12)20-18(19-15)17-3-2-10-25-17/h4-9,11,17,21H,2-3,10H2,1H3,(H,19,20)/t17-/m0/s1. The quantitative estimate of drug-likeness (QED) is 0.716. The molecule has 0 amide bonds. The van der Waals surface area contributed by atoms with Crippen molar-refractivity contribution in [2.45, 2.75) is 23.8 Å². The SMILES string of the molecule is COc1ccc(S(=O)(=O)Nc2ccc3nc([C@@H]4CCCO4)[nH]c3c2)cc1. The first-order valence-electron chi connectivity index (χ1n) is 8.33. The lowest BCUT2D eigenvalue weighted by atomic mass is 10.2. The molecule has 0 unspecified atom stereocenters. The van der Waals surface area contributed by atoms with E-state index in [-0.39, 0.29) is 11.0 Å². The monoisotopic (exact) mass is 373 g/mol. The van der Waals surface area contributed by atoms with Gasteiger partial charge in [0.2, 0.25) is 0 Å². The fourth-order valence-electron chi connectivity index (χ4n) is 3.01. The van der Waals surface area contributed by atoms with Crippen molar-refractivity contribution in [1.82, 2.24) is 9.97 Å². The van der Waals surface area contributed by atoms with Gasteiger partial charge in [0.05, 0.1) is 28.7 Å². The van der Waals surface area contributed by atoms with Crippen LogP contribution >= 0.6 is 0 Å². The highest BCUT2D eigenvalue weighted by molar-refractivity contribution is 7.92. The summed E-state index contributed by atoms with van der Waals surface area (Å²) >= 11 is 0. The van der Waals surface area contributed by atoms with Crippen LogP contribution in [0.3, 0.4) is 0 Å². The van der Waals surface area contributed by atoms with E-state index in [4.69, 9.17) is 9.47 Å². The molecular weight excluding hydrogens is 354 g/mol. The normalized spacial score (nSPS) is 17.5. The maximum Gasteiger partial charge on any atom is 0.261 e. The molecule has 1 fully saturated rings.